The average Bonchev–Trinajstić information content (AvgIpc) is 2.02. The molecule has 2 heteroatoms. The van der Waals surface area contributed by atoms with Crippen molar-refractivity contribution in [1.29, 1.82) is 0 Å². The van der Waals surface area contributed by atoms with E-state index in [4.69, 9.17) is 5.11 Å². The summed E-state index contributed by atoms with van der Waals surface area (Å²) in [7, 11) is 0. The highest BCUT2D eigenvalue weighted by atomic mass is 16.4. The second-order valence-corrected chi connectivity index (χ2v) is 5.80. The summed E-state index contributed by atoms with van der Waals surface area (Å²) in [6.45, 7) is 8.71. The topological polar surface area (TPSA) is 37.3 Å². The molecule has 3 atom stereocenters. The zero-order valence-electron chi connectivity index (χ0n) is 9.71. The van der Waals surface area contributed by atoms with Crippen molar-refractivity contribution in [3.8, 4) is 0 Å². The molecule has 1 saturated carbocycles. The van der Waals surface area contributed by atoms with E-state index < -0.39 is 5.97 Å². The Hall–Kier alpha value is -0.530. The van der Waals surface area contributed by atoms with Crippen molar-refractivity contribution < 1.29 is 9.90 Å². The normalized spacial score (nSPS) is 34.1. The van der Waals surface area contributed by atoms with Crippen LogP contribution in [-0.4, -0.2) is 11.1 Å². The smallest absolute Gasteiger partial charge is 0.306 e. The third-order valence-corrected chi connectivity index (χ3v) is 3.74. The fraction of sp³-hybridized carbons (Fsp3) is 0.917. The highest BCUT2D eigenvalue weighted by Gasteiger charge is 2.37. The SMILES string of the molecule is C[C@@H]1CC[C@@H](C(C)(C)C)C[C@@H]1C(=O)O. The van der Waals surface area contributed by atoms with Crippen LogP contribution in [-0.2, 0) is 4.79 Å². The van der Waals surface area contributed by atoms with Crippen LogP contribution in [0.5, 0.6) is 0 Å². The zero-order chi connectivity index (χ0) is 10.9. The van der Waals surface area contributed by atoms with Crippen molar-refractivity contribution in [3.05, 3.63) is 0 Å². The molecule has 2 nitrogen and oxygen atoms in total. The van der Waals surface area contributed by atoms with Crippen LogP contribution in [0.1, 0.15) is 47.0 Å². The Balaban J connectivity index is 2.67. The molecule has 0 heterocycles. The van der Waals surface area contributed by atoms with Gasteiger partial charge in [-0.05, 0) is 36.5 Å². The molecular formula is C12H22O2. The third-order valence-electron chi connectivity index (χ3n) is 3.74. The Morgan fingerprint density at radius 1 is 1.29 bits per heavy atom. The summed E-state index contributed by atoms with van der Waals surface area (Å²) in [5.41, 5.74) is 0.258. The minimum Gasteiger partial charge on any atom is -0.481 e. The zero-order valence-corrected chi connectivity index (χ0v) is 9.71. The minimum atomic E-state index is -0.605. The summed E-state index contributed by atoms with van der Waals surface area (Å²) in [5.74, 6) is 0.199. The molecule has 1 N–H and O–H groups in total. The van der Waals surface area contributed by atoms with Crippen molar-refractivity contribution in [1.82, 2.24) is 0 Å². The highest BCUT2D eigenvalue weighted by molar-refractivity contribution is 5.70. The quantitative estimate of drug-likeness (QED) is 0.702. The first-order valence-electron chi connectivity index (χ1n) is 5.55. The number of carboxylic acid groups (broad SMARTS) is 1. The number of hydrogen-bond acceptors (Lipinski definition) is 1. The molecule has 1 rings (SSSR count). The van der Waals surface area contributed by atoms with E-state index in [1.807, 2.05) is 0 Å². The van der Waals surface area contributed by atoms with Crippen LogP contribution in [0.4, 0.5) is 0 Å². The molecule has 0 aromatic heterocycles. The standard InChI is InChI=1S/C12H22O2/c1-8-5-6-9(12(2,3)4)7-10(8)11(13)14/h8-10H,5-7H2,1-4H3,(H,13,14)/t8-,9-,10+/m1/s1. The Bertz CT molecular complexity index is 215. The van der Waals surface area contributed by atoms with E-state index in [9.17, 15) is 4.79 Å². The van der Waals surface area contributed by atoms with E-state index in [1.165, 1.54) is 6.42 Å². The van der Waals surface area contributed by atoms with Gasteiger partial charge in [-0.3, -0.25) is 4.79 Å². The van der Waals surface area contributed by atoms with Crippen molar-refractivity contribution in [2.45, 2.75) is 47.0 Å². The van der Waals surface area contributed by atoms with Crippen molar-refractivity contribution in [3.63, 3.8) is 0 Å². The molecule has 1 fully saturated rings. The van der Waals surface area contributed by atoms with E-state index in [2.05, 4.69) is 27.7 Å². The highest BCUT2D eigenvalue weighted by Crippen LogP contribution is 2.42. The lowest BCUT2D eigenvalue weighted by molar-refractivity contribution is -0.146. The summed E-state index contributed by atoms with van der Waals surface area (Å²) in [6, 6.07) is 0. The van der Waals surface area contributed by atoms with Crippen LogP contribution in [0, 0.1) is 23.2 Å². The summed E-state index contributed by atoms with van der Waals surface area (Å²) in [4.78, 5) is 11.0. The second-order valence-electron chi connectivity index (χ2n) is 5.80. The second kappa shape index (κ2) is 3.92. The minimum absolute atomic E-state index is 0.118. The van der Waals surface area contributed by atoms with E-state index in [0.29, 0.717) is 11.8 Å². The monoisotopic (exact) mass is 198 g/mol. The number of rotatable bonds is 1. The molecule has 14 heavy (non-hydrogen) atoms. The lowest BCUT2D eigenvalue weighted by Crippen LogP contribution is -2.34. The molecule has 0 bridgehead atoms. The molecule has 0 unspecified atom stereocenters. The van der Waals surface area contributed by atoms with Gasteiger partial charge in [0.05, 0.1) is 5.92 Å². The maximum atomic E-state index is 11.0. The molecule has 0 amide bonds. The Labute approximate surface area is 86.7 Å². The Morgan fingerprint density at radius 3 is 2.29 bits per heavy atom. The number of aliphatic carboxylic acids is 1. The molecule has 1 aliphatic rings. The van der Waals surface area contributed by atoms with Crippen LogP contribution < -0.4 is 0 Å². The predicted octanol–water partition coefficient (Wildman–Crippen LogP) is 3.17. The van der Waals surface area contributed by atoms with E-state index >= 15 is 0 Å². The van der Waals surface area contributed by atoms with Crippen LogP contribution in [0.3, 0.4) is 0 Å². The van der Waals surface area contributed by atoms with Gasteiger partial charge in [-0.2, -0.15) is 0 Å². The number of carboxylic acids is 1. The van der Waals surface area contributed by atoms with Gasteiger partial charge in [0, 0.05) is 0 Å². The predicted molar refractivity (Wildman–Crippen MR) is 57.1 cm³/mol. The fourth-order valence-electron chi connectivity index (χ4n) is 2.45. The first kappa shape index (κ1) is 11.5. The molecule has 0 saturated heterocycles. The first-order chi connectivity index (χ1) is 6.32. The van der Waals surface area contributed by atoms with E-state index in [1.54, 1.807) is 0 Å². The summed E-state index contributed by atoms with van der Waals surface area (Å²) >= 11 is 0. The van der Waals surface area contributed by atoms with Crippen molar-refractivity contribution >= 4 is 5.97 Å². The van der Waals surface area contributed by atoms with Gasteiger partial charge in [-0.25, -0.2) is 0 Å². The summed E-state index contributed by atoms with van der Waals surface area (Å²) in [6.07, 6.45) is 3.12. The largest absolute Gasteiger partial charge is 0.481 e. The van der Waals surface area contributed by atoms with Gasteiger partial charge in [0.2, 0.25) is 0 Å². The molecular weight excluding hydrogens is 176 g/mol. The molecule has 0 aromatic rings. The van der Waals surface area contributed by atoms with Gasteiger partial charge in [0.15, 0.2) is 0 Å². The van der Waals surface area contributed by atoms with Crippen LogP contribution in [0.2, 0.25) is 0 Å². The lowest BCUT2D eigenvalue weighted by Gasteiger charge is -2.39. The van der Waals surface area contributed by atoms with Crippen LogP contribution >= 0.6 is 0 Å². The van der Waals surface area contributed by atoms with Gasteiger partial charge >= 0.3 is 5.97 Å². The van der Waals surface area contributed by atoms with Gasteiger partial charge in [-0.15, -0.1) is 0 Å². The maximum absolute atomic E-state index is 11.0. The fourth-order valence-corrected chi connectivity index (χ4v) is 2.45. The van der Waals surface area contributed by atoms with Gasteiger partial charge < -0.3 is 5.11 Å². The molecule has 82 valence electrons. The van der Waals surface area contributed by atoms with Crippen molar-refractivity contribution in [2.24, 2.45) is 23.2 Å². The van der Waals surface area contributed by atoms with Gasteiger partial charge in [0.1, 0.15) is 0 Å². The number of carbonyl (C=O) groups is 1. The average molecular weight is 198 g/mol. The van der Waals surface area contributed by atoms with Crippen LogP contribution in [0.15, 0.2) is 0 Å². The summed E-state index contributed by atoms with van der Waals surface area (Å²) < 4.78 is 0. The van der Waals surface area contributed by atoms with E-state index in [0.717, 1.165) is 12.8 Å². The molecule has 0 radical (unpaired) electrons. The molecule has 0 spiro atoms. The Morgan fingerprint density at radius 2 is 1.86 bits per heavy atom. The first-order valence-corrected chi connectivity index (χ1v) is 5.55. The Kier molecular flexibility index (Phi) is 3.23. The van der Waals surface area contributed by atoms with Gasteiger partial charge in [0.25, 0.3) is 0 Å². The summed E-state index contributed by atoms with van der Waals surface area (Å²) in [5, 5.41) is 9.09. The third kappa shape index (κ3) is 2.49. The number of hydrogen-bond donors (Lipinski definition) is 1. The van der Waals surface area contributed by atoms with Crippen molar-refractivity contribution in [2.75, 3.05) is 0 Å². The van der Waals surface area contributed by atoms with E-state index in [-0.39, 0.29) is 11.3 Å². The molecule has 1 aliphatic carbocycles. The van der Waals surface area contributed by atoms with Crippen LogP contribution in [0.25, 0.3) is 0 Å². The lowest BCUT2D eigenvalue weighted by atomic mass is 9.66. The molecule has 0 aliphatic heterocycles. The molecule has 0 aromatic carbocycles. The maximum Gasteiger partial charge on any atom is 0.306 e. The van der Waals surface area contributed by atoms with Gasteiger partial charge in [-0.1, -0.05) is 27.7 Å².